The lowest BCUT2D eigenvalue weighted by Crippen LogP contribution is -2.56. The molecule has 0 aliphatic carbocycles. The molecule has 3 aliphatic heterocycles. The van der Waals surface area contributed by atoms with Crippen LogP contribution in [0.25, 0.3) is 43.6 Å². The molecule has 5 heterocycles. The molecule has 3 aliphatic rings. The van der Waals surface area contributed by atoms with Gasteiger partial charge in [-0.2, -0.15) is 0 Å². The van der Waals surface area contributed by atoms with Crippen molar-refractivity contribution in [2.24, 2.45) is 0 Å². The molecule has 0 saturated carbocycles. The second-order valence-electron chi connectivity index (χ2n) is 10.7. The van der Waals surface area contributed by atoms with Crippen LogP contribution in [0.4, 0.5) is 0 Å². The van der Waals surface area contributed by atoms with Gasteiger partial charge in [-0.25, -0.2) is 0 Å². The Bertz CT molecular complexity index is 1780. The van der Waals surface area contributed by atoms with E-state index >= 15 is 0 Å². The maximum Gasteiger partial charge on any atom is 0.252 e. The van der Waals surface area contributed by atoms with Gasteiger partial charge in [0.1, 0.15) is 11.8 Å². The van der Waals surface area contributed by atoms with Crippen molar-refractivity contribution in [2.75, 3.05) is 13.1 Å². The van der Waals surface area contributed by atoms with Gasteiger partial charge in [-0.05, 0) is 37.6 Å². The Kier molecular flexibility index (Phi) is 3.85. The van der Waals surface area contributed by atoms with Crippen molar-refractivity contribution in [3.8, 4) is 0 Å². The lowest BCUT2D eigenvalue weighted by atomic mass is 9.88. The highest BCUT2D eigenvalue weighted by Gasteiger charge is 2.60. The van der Waals surface area contributed by atoms with E-state index in [9.17, 15) is 9.90 Å². The van der Waals surface area contributed by atoms with Gasteiger partial charge in [-0.1, -0.05) is 43.3 Å². The summed E-state index contributed by atoms with van der Waals surface area (Å²) >= 11 is 0. The Labute approximate surface area is 207 Å². The number of aromatic nitrogens is 2. The Morgan fingerprint density at radius 3 is 2.58 bits per heavy atom. The molecule has 8 rings (SSSR count). The summed E-state index contributed by atoms with van der Waals surface area (Å²) in [6, 6.07) is 16.6. The molecule has 1 fully saturated rings. The summed E-state index contributed by atoms with van der Waals surface area (Å²) in [5.41, 5.74) is 3.77. The molecule has 7 heteroatoms. The molecule has 2 aromatic heterocycles. The number of para-hydroxylation sites is 2. The quantitative estimate of drug-likeness (QED) is 0.331. The van der Waals surface area contributed by atoms with Gasteiger partial charge in [0, 0.05) is 41.1 Å². The summed E-state index contributed by atoms with van der Waals surface area (Å²) in [4.78, 5) is 13.3. The topological polar surface area (TPSA) is 80.4 Å². The molecule has 2 bridgehead atoms. The molecule has 1 saturated heterocycles. The molecule has 0 spiro atoms. The van der Waals surface area contributed by atoms with Crippen LogP contribution in [-0.2, 0) is 17.0 Å². The Morgan fingerprint density at radius 1 is 1.08 bits per heavy atom. The van der Waals surface area contributed by atoms with E-state index in [0.29, 0.717) is 19.5 Å². The van der Waals surface area contributed by atoms with Crippen LogP contribution in [0.3, 0.4) is 0 Å². The molecular weight excluding hydrogens is 452 g/mol. The van der Waals surface area contributed by atoms with Gasteiger partial charge in [-0.15, -0.1) is 0 Å². The summed E-state index contributed by atoms with van der Waals surface area (Å²) in [7, 11) is 0. The normalized spacial score (nSPS) is 26.5. The van der Waals surface area contributed by atoms with Crippen molar-refractivity contribution in [3.63, 3.8) is 0 Å². The van der Waals surface area contributed by atoms with Crippen LogP contribution in [0.1, 0.15) is 48.8 Å². The molecule has 7 nitrogen and oxygen atoms in total. The fourth-order valence-electron chi connectivity index (χ4n) is 7.23. The zero-order valence-corrected chi connectivity index (χ0v) is 20.4. The number of benzene rings is 3. The van der Waals surface area contributed by atoms with Crippen LogP contribution < -0.4 is 10.6 Å². The fourth-order valence-corrected chi connectivity index (χ4v) is 7.23. The number of fused-ring (bicyclic) bond motifs is 13. The van der Waals surface area contributed by atoms with Gasteiger partial charge in [0.25, 0.3) is 5.91 Å². The average Bonchev–Trinajstić information content (AvgIpc) is 3.56. The number of ether oxygens (including phenoxy) is 1. The number of carbonyl (C=O) groups excluding carboxylic acids is 1. The number of nitrogens with zero attached hydrogens (tertiary/aromatic N) is 2. The zero-order valence-electron chi connectivity index (χ0n) is 20.4. The van der Waals surface area contributed by atoms with Gasteiger partial charge in [0.15, 0.2) is 5.72 Å². The predicted octanol–water partition coefficient (Wildman–Crippen LogP) is 4.48. The minimum absolute atomic E-state index is 0.0200. The van der Waals surface area contributed by atoms with Gasteiger partial charge in [-0.3, -0.25) is 4.79 Å². The summed E-state index contributed by atoms with van der Waals surface area (Å²) in [5.74, 6) is -0.0200. The van der Waals surface area contributed by atoms with E-state index in [1.54, 1.807) is 0 Å². The van der Waals surface area contributed by atoms with Crippen molar-refractivity contribution in [2.45, 2.75) is 50.8 Å². The Balaban J connectivity index is 1.63. The highest BCUT2D eigenvalue weighted by Crippen LogP contribution is 2.57. The third-order valence-corrected chi connectivity index (χ3v) is 8.82. The number of aliphatic hydroxyl groups is 1. The zero-order chi connectivity index (χ0) is 24.4. The summed E-state index contributed by atoms with van der Waals surface area (Å²) < 4.78 is 11.4. The highest BCUT2D eigenvalue weighted by atomic mass is 16.6. The average molecular weight is 481 g/mol. The molecule has 0 radical (unpaired) electrons. The first-order valence-electron chi connectivity index (χ1n) is 12.9. The maximum atomic E-state index is 13.3. The standard InChI is InChI=1S/C29H28N4O3/c1-3-12-30-15-29(35)13-21-32-19-10-6-4-8-16(19)23-24-18(14-31-27(24)34)22-17-9-5-7-11-20(17)33(26(22)25(23)32)28(29,2)36-21/h4-11,21,30,35H,3,12-15H2,1-2H3,(H,31,34)/t21-,28+,29+/m1/s1. The number of hydrogen-bond acceptors (Lipinski definition) is 4. The molecule has 3 atom stereocenters. The first kappa shape index (κ1) is 20.8. The largest absolute Gasteiger partial charge is 0.383 e. The van der Waals surface area contributed by atoms with Crippen LogP contribution in [0.5, 0.6) is 0 Å². The monoisotopic (exact) mass is 480 g/mol. The molecule has 3 aromatic carbocycles. The van der Waals surface area contributed by atoms with Crippen molar-refractivity contribution >= 4 is 49.5 Å². The van der Waals surface area contributed by atoms with Crippen molar-refractivity contribution in [1.82, 2.24) is 19.8 Å². The first-order valence-corrected chi connectivity index (χ1v) is 12.9. The Hall–Kier alpha value is -3.39. The molecule has 36 heavy (non-hydrogen) atoms. The van der Waals surface area contributed by atoms with E-state index in [0.717, 1.165) is 67.7 Å². The van der Waals surface area contributed by atoms with E-state index in [4.69, 9.17) is 4.74 Å². The highest BCUT2D eigenvalue weighted by molar-refractivity contribution is 6.31. The summed E-state index contributed by atoms with van der Waals surface area (Å²) in [6.07, 6.45) is 1.08. The van der Waals surface area contributed by atoms with E-state index in [1.165, 1.54) is 0 Å². The lowest BCUT2D eigenvalue weighted by molar-refractivity contribution is -0.175. The Morgan fingerprint density at radius 2 is 1.81 bits per heavy atom. The van der Waals surface area contributed by atoms with Crippen molar-refractivity contribution in [1.29, 1.82) is 0 Å². The maximum absolute atomic E-state index is 13.3. The van der Waals surface area contributed by atoms with Gasteiger partial charge >= 0.3 is 0 Å². The van der Waals surface area contributed by atoms with Gasteiger partial charge in [0.05, 0.1) is 27.6 Å². The van der Waals surface area contributed by atoms with Crippen LogP contribution >= 0.6 is 0 Å². The van der Waals surface area contributed by atoms with Crippen LogP contribution in [0, 0.1) is 0 Å². The minimum atomic E-state index is -1.13. The molecular formula is C29H28N4O3. The van der Waals surface area contributed by atoms with E-state index in [-0.39, 0.29) is 12.1 Å². The van der Waals surface area contributed by atoms with Gasteiger partial charge in [0.2, 0.25) is 0 Å². The van der Waals surface area contributed by atoms with Gasteiger partial charge < -0.3 is 29.6 Å². The summed E-state index contributed by atoms with van der Waals surface area (Å²) in [5, 5.41) is 23.1. The third-order valence-electron chi connectivity index (χ3n) is 8.82. The fraction of sp³-hybridized carbons (Fsp3) is 0.345. The number of hydrogen-bond donors (Lipinski definition) is 3. The predicted molar refractivity (Wildman–Crippen MR) is 140 cm³/mol. The molecule has 0 unspecified atom stereocenters. The van der Waals surface area contributed by atoms with Crippen LogP contribution in [0.15, 0.2) is 48.5 Å². The van der Waals surface area contributed by atoms with Crippen LogP contribution in [-0.4, -0.2) is 38.8 Å². The second kappa shape index (κ2) is 6.68. The number of rotatable bonds is 4. The first-order chi connectivity index (χ1) is 17.5. The third kappa shape index (κ3) is 2.19. The molecule has 3 N–H and O–H groups in total. The molecule has 5 aromatic rings. The molecule has 1 amide bonds. The van der Waals surface area contributed by atoms with E-state index in [1.807, 2.05) is 31.2 Å². The van der Waals surface area contributed by atoms with E-state index in [2.05, 4.69) is 51.0 Å². The smallest absolute Gasteiger partial charge is 0.252 e. The number of carbonyl (C=O) groups is 1. The summed E-state index contributed by atoms with van der Waals surface area (Å²) in [6.45, 7) is 5.93. The lowest BCUT2D eigenvalue weighted by Gasteiger charge is -2.40. The van der Waals surface area contributed by atoms with Crippen molar-refractivity contribution < 1.29 is 14.6 Å². The van der Waals surface area contributed by atoms with Crippen LogP contribution in [0.2, 0.25) is 0 Å². The molecule has 182 valence electrons. The number of nitrogens with one attached hydrogen (secondary N) is 2. The SMILES string of the molecule is CCCNC[C@@]1(O)C[C@H]2O[C@]1(C)n1c3ccccc3c3c4c(c5c6ccccc6n2c5c31)C(=O)NC4. The second-order valence-corrected chi connectivity index (χ2v) is 10.7. The van der Waals surface area contributed by atoms with E-state index < -0.39 is 11.3 Å². The van der Waals surface area contributed by atoms with Crippen molar-refractivity contribution in [3.05, 3.63) is 59.7 Å². The minimum Gasteiger partial charge on any atom is -0.383 e. The number of amides is 1.